The first-order valence-electron chi connectivity index (χ1n) is 6.95. The van der Waals surface area contributed by atoms with Crippen LogP contribution in [0.3, 0.4) is 0 Å². The molecule has 2 heterocycles. The zero-order valence-corrected chi connectivity index (χ0v) is 12.3. The van der Waals surface area contributed by atoms with Gasteiger partial charge in [0.05, 0.1) is 0 Å². The van der Waals surface area contributed by atoms with Crippen LogP contribution in [-0.2, 0) is 0 Å². The van der Waals surface area contributed by atoms with Crippen molar-refractivity contribution >= 4 is 11.8 Å². The fourth-order valence-electron chi connectivity index (χ4n) is 2.20. The largest absolute Gasteiger partial charge is 0.346 e. The molecule has 1 aliphatic rings. The molecule has 5 nitrogen and oxygen atoms in total. The molecule has 1 aliphatic heterocycles. The minimum absolute atomic E-state index is 0.0188. The van der Waals surface area contributed by atoms with Gasteiger partial charge in [0.2, 0.25) is 0 Å². The first-order chi connectivity index (χ1) is 9.37. The van der Waals surface area contributed by atoms with E-state index in [1.807, 2.05) is 25.7 Å². The van der Waals surface area contributed by atoms with E-state index in [1.54, 1.807) is 12.1 Å². The van der Waals surface area contributed by atoms with Crippen LogP contribution in [0, 0.1) is 0 Å². The summed E-state index contributed by atoms with van der Waals surface area (Å²) in [6.45, 7) is 7.31. The highest BCUT2D eigenvalue weighted by Crippen LogP contribution is 2.13. The molecule has 1 aromatic heterocycles. The zero-order valence-electron chi connectivity index (χ0n) is 12.3. The van der Waals surface area contributed by atoms with E-state index >= 15 is 0 Å². The number of nitrogens with one attached hydrogen (secondary N) is 1. The number of hydrogen-bond acceptors (Lipinski definition) is 3. The number of aromatic nitrogens is 1. The maximum atomic E-state index is 12.3. The lowest BCUT2D eigenvalue weighted by Gasteiger charge is -2.20. The van der Waals surface area contributed by atoms with Gasteiger partial charge in [-0.3, -0.25) is 14.6 Å². The predicted octanol–water partition coefficient (Wildman–Crippen LogP) is 1.85. The number of hydrogen-bond donors (Lipinski definition) is 1. The molecule has 1 N–H and O–H groups in total. The summed E-state index contributed by atoms with van der Waals surface area (Å²) in [5.74, 6) is -0.275. The summed E-state index contributed by atoms with van der Waals surface area (Å²) in [4.78, 5) is 30.2. The van der Waals surface area contributed by atoms with Gasteiger partial charge in [0.1, 0.15) is 5.69 Å². The van der Waals surface area contributed by atoms with Gasteiger partial charge in [0.15, 0.2) is 0 Å². The van der Waals surface area contributed by atoms with E-state index in [9.17, 15) is 9.59 Å². The van der Waals surface area contributed by atoms with E-state index in [2.05, 4.69) is 10.3 Å². The Kier molecular flexibility index (Phi) is 4.06. The lowest BCUT2D eigenvalue weighted by atomic mass is 10.1. The molecule has 0 aliphatic carbocycles. The SMILES string of the molecule is CC(C)(C)NC(=O)c1cc(C(=O)N2CCCC2)ccn1. The number of rotatable bonds is 2. The lowest BCUT2D eigenvalue weighted by Crippen LogP contribution is -2.41. The minimum atomic E-state index is -0.326. The minimum Gasteiger partial charge on any atom is -0.346 e. The summed E-state index contributed by atoms with van der Waals surface area (Å²) in [7, 11) is 0. The monoisotopic (exact) mass is 275 g/mol. The molecule has 20 heavy (non-hydrogen) atoms. The highest BCUT2D eigenvalue weighted by atomic mass is 16.2. The quantitative estimate of drug-likeness (QED) is 0.896. The molecule has 2 amide bonds. The standard InChI is InChI=1S/C15H21N3O2/c1-15(2,3)17-13(19)12-10-11(6-7-16-12)14(20)18-8-4-5-9-18/h6-7,10H,4-5,8-9H2,1-3H3,(H,17,19). The molecule has 2 rings (SSSR count). The van der Waals surface area contributed by atoms with Crippen LogP contribution in [0.4, 0.5) is 0 Å². The van der Waals surface area contributed by atoms with E-state index in [0.29, 0.717) is 5.56 Å². The van der Waals surface area contributed by atoms with Gasteiger partial charge in [0, 0.05) is 30.4 Å². The zero-order chi connectivity index (χ0) is 14.8. The fraction of sp³-hybridized carbons (Fsp3) is 0.533. The van der Waals surface area contributed by atoms with Crippen molar-refractivity contribution < 1.29 is 9.59 Å². The molecule has 1 aromatic rings. The van der Waals surface area contributed by atoms with Gasteiger partial charge in [-0.25, -0.2) is 0 Å². The third-order valence-electron chi connectivity index (χ3n) is 3.12. The summed E-state index contributed by atoms with van der Waals surface area (Å²) in [6.07, 6.45) is 3.61. The summed E-state index contributed by atoms with van der Waals surface area (Å²) in [5, 5.41) is 2.84. The molecule has 0 unspecified atom stereocenters. The van der Waals surface area contributed by atoms with Crippen molar-refractivity contribution in [1.29, 1.82) is 0 Å². The third-order valence-corrected chi connectivity index (χ3v) is 3.12. The highest BCUT2D eigenvalue weighted by Gasteiger charge is 2.21. The molecule has 0 atom stereocenters. The van der Waals surface area contributed by atoms with Gasteiger partial charge in [0.25, 0.3) is 11.8 Å². The van der Waals surface area contributed by atoms with Crippen LogP contribution in [0.25, 0.3) is 0 Å². The Morgan fingerprint density at radius 3 is 2.50 bits per heavy atom. The van der Waals surface area contributed by atoms with Crippen molar-refractivity contribution in [3.8, 4) is 0 Å². The first-order valence-corrected chi connectivity index (χ1v) is 6.95. The molecule has 0 saturated carbocycles. The van der Waals surface area contributed by atoms with Crippen LogP contribution in [0.2, 0.25) is 0 Å². The Balaban J connectivity index is 2.15. The molecular weight excluding hydrogens is 254 g/mol. The van der Waals surface area contributed by atoms with Crippen molar-refractivity contribution in [3.63, 3.8) is 0 Å². The molecule has 1 saturated heterocycles. The van der Waals surface area contributed by atoms with E-state index in [4.69, 9.17) is 0 Å². The van der Waals surface area contributed by atoms with Gasteiger partial charge in [-0.2, -0.15) is 0 Å². The Bertz CT molecular complexity index is 514. The molecular formula is C15H21N3O2. The van der Waals surface area contributed by atoms with Gasteiger partial charge in [-0.1, -0.05) is 0 Å². The van der Waals surface area contributed by atoms with Crippen LogP contribution in [0.5, 0.6) is 0 Å². The van der Waals surface area contributed by atoms with E-state index < -0.39 is 0 Å². The predicted molar refractivity (Wildman–Crippen MR) is 76.6 cm³/mol. The molecule has 0 radical (unpaired) electrons. The summed E-state index contributed by atoms with van der Waals surface area (Å²) >= 11 is 0. The van der Waals surface area contributed by atoms with Crippen LogP contribution in [0.15, 0.2) is 18.3 Å². The van der Waals surface area contributed by atoms with Crippen LogP contribution in [-0.4, -0.2) is 40.3 Å². The Morgan fingerprint density at radius 2 is 1.90 bits per heavy atom. The molecule has 1 fully saturated rings. The summed E-state index contributed by atoms with van der Waals surface area (Å²) in [5.41, 5.74) is 0.485. The van der Waals surface area contributed by atoms with Gasteiger partial charge >= 0.3 is 0 Å². The normalized spacial score (nSPS) is 15.2. The molecule has 0 bridgehead atoms. The number of amides is 2. The third kappa shape index (κ3) is 3.56. The van der Waals surface area contributed by atoms with Crippen molar-refractivity contribution in [2.75, 3.05) is 13.1 Å². The van der Waals surface area contributed by atoms with Crippen LogP contribution >= 0.6 is 0 Å². The second-order valence-corrected chi connectivity index (χ2v) is 6.13. The average molecular weight is 275 g/mol. The Hall–Kier alpha value is -1.91. The molecule has 0 aromatic carbocycles. The van der Waals surface area contributed by atoms with E-state index in [0.717, 1.165) is 25.9 Å². The van der Waals surface area contributed by atoms with Crippen LogP contribution < -0.4 is 5.32 Å². The lowest BCUT2D eigenvalue weighted by molar-refractivity contribution is 0.0792. The molecule has 108 valence electrons. The fourth-order valence-corrected chi connectivity index (χ4v) is 2.20. The van der Waals surface area contributed by atoms with E-state index in [-0.39, 0.29) is 23.0 Å². The number of carbonyl (C=O) groups is 2. The average Bonchev–Trinajstić information content (AvgIpc) is 2.90. The Morgan fingerprint density at radius 1 is 1.25 bits per heavy atom. The van der Waals surface area contributed by atoms with Gasteiger partial charge in [-0.05, 0) is 45.7 Å². The number of likely N-dealkylation sites (tertiary alicyclic amines) is 1. The topological polar surface area (TPSA) is 62.3 Å². The second kappa shape index (κ2) is 5.61. The summed E-state index contributed by atoms with van der Waals surface area (Å²) in [6, 6.07) is 3.23. The van der Waals surface area contributed by atoms with Gasteiger partial charge < -0.3 is 10.2 Å². The summed E-state index contributed by atoms with van der Waals surface area (Å²) < 4.78 is 0. The second-order valence-electron chi connectivity index (χ2n) is 6.13. The van der Waals surface area contributed by atoms with Crippen molar-refractivity contribution in [1.82, 2.24) is 15.2 Å². The van der Waals surface area contributed by atoms with Crippen molar-refractivity contribution in [2.24, 2.45) is 0 Å². The molecule has 5 heteroatoms. The molecule has 0 spiro atoms. The van der Waals surface area contributed by atoms with Gasteiger partial charge in [-0.15, -0.1) is 0 Å². The number of pyridine rings is 1. The maximum Gasteiger partial charge on any atom is 0.270 e. The van der Waals surface area contributed by atoms with Crippen molar-refractivity contribution in [3.05, 3.63) is 29.6 Å². The number of nitrogens with zero attached hydrogens (tertiary/aromatic N) is 2. The van der Waals surface area contributed by atoms with Crippen molar-refractivity contribution in [2.45, 2.75) is 39.2 Å². The van der Waals surface area contributed by atoms with Crippen LogP contribution in [0.1, 0.15) is 54.5 Å². The Labute approximate surface area is 119 Å². The van der Waals surface area contributed by atoms with E-state index in [1.165, 1.54) is 6.20 Å². The number of carbonyl (C=O) groups excluding carboxylic acids is 2. The maximum absolute atomic E-state index is 12.3. The highest BCUT2D eigenvalue weighted by molar-refractivity contribution is 5.98. The first kappa shape index (κ1) is 14.5. The smallest absolute Gasteiger partial charge is 0.270 e.